The number of hydrazine groups is 1. The van der Waals surface area contributed by atoms with Crippen LogP contribution >= 0.6 is 11.6 Å². The highest BCUT2D eigenvalue weighted by molar-refractivity contribution is 6.30. The largest absolute Gasteiger partial charge is 0.484 e. The van der Waals surface area contributed by atoms with E-state index in [-0.39, 0.29) is 18.9 Å². The fourth-order valence-electron chi connectivity index (χ4n) is 2.18. The van der Waals surface area contributed by atoms with Crippen molar-refractivity contribution in [1.29, 1.82) is 0 Å². The first-order valence-electron chi connectivity index (χ1n) is 7.81. The van der Waals surface area contributed by atoms with Crippen molar-refractivity contribution in [2.45, 2.75) is 19.3 Å². The number of esters is 1. The Balaban J connectivity index is 1.57. The number of benzene rings is 1. The molecule has 0 spiro atoms. The monoisotopic (exact) mass is 366 g/mol. The lowest BCUT2D eigenvalue weighted by Crippen LogP contribution is -2.45. The summed E-state index contributed by atoms with van der Waals surface area (Å²) in [6.45, 7) is -0.733. The zero-order valence-corrected chi connectivity index (χ0v) is 14.3. The van der Waals surface area contributed by atoms with Crippen molar-refractivity contribution in [2.75, 3.05) is 13.2 Å². The van der Waals surface area contributed by atoms with Crippen molar-refractivity contribution in [3.05, 3.63) is 41.4 Å². The maximum Gasteiger partial charge on any atom is 0.306 e. The normalized spacial score (nSPS) is 15.5. The third kappa shape index (κ3) is 7.26. The second kappa shape index (κ2) is 9.68. The number of hydrogen-bond acceptors (Lipinski definition) is 5. The lowest BCUT2D eigenvalue weighted by Gasteiger charge is -2.10. The van der Waals surface area contributed by atoms with Crippen molar-refractivity contribution in [3.63, 3.8) is 0 Å². The summed E-state index contributed by atoms with van der Waals surface area (Å²) in [6.07, 6.45) is 6.13. The van der Waals surface area contributed by atoms with Crippen molar-refractivity contribution in [3.8, 4) is 5.75 Å². The molecule has 0 heterocycles. The average Bonchev–Trinajstić information content (AvgIpc) is 3.10. The number of carbonyl (C=O) groups is 3. The molecule has 1 aromatic carbocycles. The smallest absolute Gasteiger partial charge is 0.306 e. The summed E-state index contributed by atoms with van der Waals surface area (Å²) in [5, 5.41) is 0.558. The summed E-state index contributed by atoms with van der Waals surface area (Å²) < 4.78 is 10.1. The minimum absolute atomic E-state index is 0.181. The third-order valence-electron chi connectivity index (χ3n) is 3.43. The predicted octanol–water partition coefficient (Wildman–Crippen LogP) is 1.77. The first-order chi connectivity index (χ1) is 12.0. The number of nitrogens with one attached hydrogen (secondary N) is 2. The Hall–Kier alpha value is -2.54. The zero-order chi connectivity index (χ0) is 18.1. The predicted molar refractivity (Wildman–Crippen MR) is 90.7 cm³/mol. The topological polar surface area (TPSA) is 93.7 Å². The molecule has 0 aliphatic heterocycles. The van der Waals surface area contributed by atoms with Gasteiger partial charge < -0.3 is 9.47 Å². The second-order valence-corrected chi connectivity index (χ2v) is 5.91. The van der Waals surface area contributed by atoms with Crippen LogP contribution in [0, 0.1) is 5.92 Å². The first-order valence-corrected chi connectivity index (χ1v) is 8.19. The first kappa shape index (κ1) is 18.8. The van der Waals surface area contributed by atoms with Gasteiger partial charge in [0, 0.05) is 5.02 Å². The number of hydrogen-bond donors (Lipinski definition) is 2. The molecule has 0 saturated carbocycles. The molecule has 1 aliphatic carbocycles. The Labute approximate surface area is 150 Å². The molecule has 0 unspecified atom stereocenters. The van der Waals surface area contributed by atoms with E-state index in [0.717, 1.165) is 12.8 Å². The minimum Gasteiger partial charge on any atom is -0.484 e. The van der Waals surface area contributed by atoms with Crippen LogP contribution in [0.3, 0.4) is 0 Å². The second-order valence-electron chi connectivity index (χ2n) is 5.47. The minimum atomic E-state index is -0.629. The number of ether oxygens (including phenoxy) is 2. The third-order valence-corrected chi connectivity index (χ3v) is 3.68. The zero-order valence-electron chi connectivity index (χ0n) is 13.5. The maximum absolute atomic E-state index is 11.6. The molecule has 2 amide bonds. The van der Waals surface area contributed by atoms with E-state index in [1.807, 2.05) is 12.2 Å². The molecule has 2 N–H and O–H groups in total. The van der Waals surface area contributed by atoms with Crippen LogP contribution in [0.25, 0.3) is 0 Å². The molecule has 1 atom stereocenters. The Morgan fingerprint density at radius 3 is 2.40 bits per heavy atom. The van der Waals surface area contributed by atoms with Gasteiger partial charge in [0.25, 0.3) is 11.8 Å². The highest BCUT2D eigenvalue weighted by atomic mass is 35.5. The van der Waals surface area contributed by atoms with Gasteiger partial charge in [-0.3, -0.25) is 25.2 Å². The number of halogens is 1. The van der Waals surface area contributed by atoms with Gasteiger partial charge in [-0.1, -0.05) is 23.8 Å². The van der Waals surface area contributed by atoms with Crippen molar-refractivity contribution < 1.29 is 23.9 Å². The summed E-state index contributed by atoms with van der Waals surface area (Å²) in [4.78, 5) is 34.7. The number of allylic oxidation sites excluding steroid dienone is 2. The van der Waals surface area contributed by atoms with E-state index in [2.05, 4.69) is 10.9 Å². The Bertz CT molecular complexity index is 645. The molecular formula is C17H19ClN2O5. The van der Waals surface area contributed by atoms with Gasteiger partial charge in [-0.25, -0.2) is 0 Å². The number of carbonyl (C=O) groups excluding carboxylic acids is 3. The summed E-state index contributed by atoms with van der Waals surface area (Å²) in [6, 6.07) is 6.50. The SMILES string of the molecule is O=C(COC(=O)C[C@@H]1C=CCC1)NNC(=O)COc1ccc(Cl)cc1. The van der Waals surface area contributed by atoms with E-state index in [1.54, 1.807) is 24.3 Å². The Morgan fingerprint density at radius 2 is 1.76 bits per heavy atom. The van der Waals surface area contributed by atoms with E-state index < -0.39 is 24.4 Å². The summed E-state index contributed by atoms with van der Waals surface area (Å²) in [5.41, 5.74) is 4.31. The number of rotatable bonds is 7. The average molecular weight is 367 g/mol. The molecular weight excluding hydrogens is 348 g/mol. The van der Waals surface area contributed by atoms with Gasteiger partial charge in [0.15, 0.2) is 13.2 Å². The van der Waals surface area contributed by atoms with E-state index in [4.69, 9.17) is 21.1 Å². The highest BCUT2D eigenvalue weighted by Crippen LogP contribution is 2.20. The molecule has 0 bridgehead atoms. The molecule has 0 saturated heterocycles. The van der Waals surface area contributed by atoms with Crippen LogP contribution in [0.5, 0.6) is 5.75 Å². The molecule has 7 nitrogen and oxygen atoms in total. The van der Waals surface area contributed by atoms with Crippen LogP contribution in [0.15, 0.2) is 36.4 Å². The molecule has 8 heteroatoms. The number of amides is 2. The van der Waals surface area contributed by atoms with Crippen LogP contribution in [-0.4, -0.2) is 31.0 Å². The van der Waals surface area contributed by atoms with Gasteiger partial charge in [0.2, 0.25) is 0 Å². The van der Waals surface area contributed by atoms with Gasteiger partial charge in [-0.05, 0) is 43.0 Å². The molecule has 1 aromatic rings. The fraction of sp³-hybridized carbons (Fsp3) is 0.353. The van der Waals surface area contributed by atoms with Crippen LogP contribution in [0.4, 0.5) is 0 Å². The molecule has 0 fully saturated rings. The van der Waals surface area contributed by atoms with Crippen molar-refractivity contribution >= 4 is 29.4 Å². The lowest BCUT2D eigenvalue weighted by atomic mass is 10.1. The quantitative estimate of drug-likeness (QED) is 0.435. The molecule has 25 heavy (non-hydrogen) atoms. The standard InChI is InChI=1S/C17H19ClN2O5/c18-13-5-7-14(8-6-13)24-10-15(21)19-20-16(22)11-25-17(23)9-12-3-1-2-4-12/h1,3,5-8,12H,2,4,9-11H2,(H,19,21)(H,20,22)/t12-/m1/s1. The lowest BCUT2D eigenvalue weighted by molar-refractivity contribution is -0.149. The fourth-order valence-corrected chi connectivity index (χ4v) is 2.30. The Morgan fingerprint density at radius 1 is 1.08 bits per heavy atom. The molecule has 1 aliphatic rings. The highest BCUT2D eigenvalue weighted by Gasteiger charge is 2.16. The van der Waals surface area contributed by atoms with Gasteiger partial charge in [-0.2, -0.15) is 0 Å². The van der Waals surface area contributed by atoms with Gasteiger partial charge >= 0.3 is 5.97 Å². The molecule has 0 aromatic heterocycles. The molecule has 134 valence electrons. The summed E-state index contributed by atoms with van der Waals surface area (Å²) in [7, 11) is 0. The Kier molecular flexibility index (Phi) is 7.28. The summed E-state index contributed by atoms with van der Waals surface area (Å²) >= 11 is 5.74. The van der Waals surface area contributed by atoms with Crippen LogP contribution in [0.1, 0.15) is 19.3 Å². The van der Waals surface area contributed by atoms with Crippen molar-refractivity contribution in [2.24, 2.45) is 5.92 Å². The van der Waals surface area contributed by atoms with E-state index in [9.17, 15) is 14.4 Å². The molecule has 0 radical (unpaired) electrons. The van der Waals surface area contributed by atoms with Gasteiger partial charge in [0.1, 0.15) is 5.75 Å². The van der Waals surface area contributed by atoms with Crippen LogP contribution in [-0.2, 0) is 19.1 Å². The van der Waals surface area contributed by atoms with Crippen LogP contribution in [0.2, 0.25) is 5.02 Å². The van der Waals surface area contributed by atoms with E-state index in [1.165, 1.54) is 0 Å². The van der Waals surface area contributed by atoms with Crippen molar-refractivity contribution in [1.82, 2.24) is 10.9 Å². The summed E-state index contributed by atoms with van der Waals surface area (Å²) in [5.74, 6) is -0.967. The maximum atomic E-state index is 11.6. The molecule has 2 rings (SSSR count). The van der Waals surface area contributed by atoms with Gasteiger partial charge in [-0.15, -0.1) is 0 Å². The van der Waals surface area contributed by atoms with Gasteiger partial charge in [0.05, 0.1) is 6.42 Å². The van der Waals surface area contributed by atoms with Crippen LogP contribution < -0.4 is 15.6 Å². The van der Waals surface area contributed by atoms with E-state index >= 15 is 0 Å². The van der Waals surface area contributed by atoms with E-state index in [0.29, 0.717) is 10.8 Å².